The maximum Gasteiger partial charge on any atom is 0.242 e. The molecule has 3 rings (SSSR count). The van der Waals surface area contributed by atoms with Gasteiger partial charge in [-0.15, -0.1) is 0 Å². The first-order valence-corrected chi connectivity index (χ1v) is 7.97. The summed E-state index contributed by atoms with van der Waals surface area (Å²) in [5.41, 5.74) is 0.984. The number of carbonyl (C=O) groups is 1. The zero-order valence-electron chi connectivity index (χ0n) is 12.4. The fourth-order valence-corrected chi connectivity index (χ4v) is 2.90. The van der Waals surface area contributed by atoms with Gasteiger partial charge in [-0.3, -0.25) is 4.79 Å². The number of hydrogen-bond acceptors (Lipinski definition) is 6. The van der Waals surface area contributed by atoms with Crippen LogP contribution in [0.15, 0.2) is 30.3 Å². The van der Waals surface area contributed by atoms with Crippen LogP contribution in [0.3, 0.4) is 0 Å². The maximum absolute atomic E-state index is 12.2. The van der Waals surface area contributed by atoms with Gasteiger partial charge in [-0.2, -0.15) is 9.36 Å². The molecule has 1 aromatic carbocycles. The average molecular weight is 318 g/mol. The number of amides is 1. The van der Waals surface area contributed by atoms with Crippen LogP contribution in [-0.4, -0.2) is 60.1 Å². The Morgan fingerprint density at radius 1 is 1.32 bits per heavy atom. The van der Waals surface area contributed by atoms with E-state index in [1.807, 2.05) is 47.2 Å². The van der Waals surface area contributed by atoms with Gasteiger partial charge in [0, 0.05) is 37.2 Å². The molecule has 0 spiro atoms. The molecule has 2 heterocycles. The summed E-state index contributed by atoms with van der Waals surface area (Å²) in [5.74, 6) is 0.800. The Bertz CT molecular complexity index is 625. The van der Waals surface area contributed by atoms with E-state index in [4.69, 9.17) is 4.74 Å². The van der Waals surface area contributed by atoms with Crippen molar-refractivity contribution < 1.29 is 9.53 Å². The van der Waals surface area contributed by atoms with E-state index in [0.29, 0.717) is 38.7 Å². The maximum atomic E-state index is 12.2. The molecular weight excluding hydrogens is 300 g/mol. The van der Waals surface area contributed by atoms with E-state index in [-0.39, 0.29) is 5.91 Å². The minimum absolute atomic E-state index is 0.0993. The fraction of sp³-hybridized carbons (Fsp3) is 0.400. The lowest BCUT2D eigenvalue weighted by atomic mass is 10.2. The standard InChI is InChI=1S/C15H18N4O2S/c1-18(11-13(20)19-7-9-21-10-8-19)15-16-14(17-22-15)12-5-3-2-4-6-12/h2-6H,7-11H2,1H3. The lowest BCUT2D eigenvalue weighted by Crippen LogP contribution is -2.45. The highest BCUT2D eigenvalue weighted by Crippen LogP contribution is 2.22. The van der Waals surface area contributed by atoms with Crippen LogP contribution in [0.4, 0.5) is 5.13 Å². The van der Waals surface area contributed by atoms with Gasteiger partial charge in [0.25, 0.3) is 0 Å². The monoisotopic (exact) mass is 318 g/mol. The van der Waals surface area contributed by atoms with Gasteiger partial charge in [0.15, 0.2) is 5.82 Å². The van der Waals surface area contributed by atoms with Crippen molar-refractivity contribution in [1.29, 1.82) is 0 Å². The summed E-state index contributed by atoms with van der Waals surface area (Å²) in [4.78, 5) is 20.4. The molecule has 0 atom stereocenters. The van der Waals surface area contributed by atoms with Crippen molar-refractivity contribution in [3.8, 4) is 11.4 Å². The number of anilines is 1. The van der Waals surface area contributed by atoms with Crippen LogP contribution in [0.1, 0.15) is 0 Å². The van der Waals surface area contributed by atoms with E-state index in [9.17, 15) is 4.79 Å². The molecule has 1 aromatic heterocycles. The number of nitrogens with zero attached hydrogens (tertiary/aromatic N) is 4. The van der Waals surface area contributed by atoms with Gasteiger partial charge < -0.3 is 14.5 Å². The molecule has 1 fully saturated rings. The number of rotatable bonds is 4. The zero-order valence-corrected chi connectivity index (χ0v) is 13.3. The summed E-state index contributed by atoms with van der Waals surface area (Å²) in [6, 6.07) is 9.84. The molecule has 1 saturated heterocycles. The Labute approximate surface area is 133 Å². The van der Waals surface area contributed by atoms with Crippen LogP contribution >= 0.6 is 11.5 Å². The third-order valence-corrected chi connectivity index (χ3v) is 4.34. The van der Waals surface area contributed by atoms with Crippen LogP contribution in [0.25, 0.3) is 11.4 Å². The van der Waals surface area contributed by atoms with Gasteiger partial charge in [-0.1, -0.05) is 30.3 Å². The van der Waals surface area contributed by atoms with Gasteiger partial charge in [0.1, 0.15) is 0 Å². The van der Waals surface area contributed by atoms with E-state index in [0.717, 1.165) is 10.7 Å². The lowest BCUT2D eigenvalue weighted by molar-refractivity contribution is -0.133. The molecule has 22 heavy (non-hydrogen) atoms. The molecule has 0 saturated carbocycles. The quantitative estimate of drug-likeness (QED) is 0.855. The third-order valence-electron chi connectivity index (χ3n) is 3.51. The summed E-state index contributed by atoms with van der Waals surface area (Å²) in [5, 5.41) is 0.750. The molecule has 7 heteroatoms. The normalized spacial score (nSPS) is 14.9. The van der Waals surface area contributed by atoms with E-state index < -0.39 is 0 Å². The third kappa shape index (κ3) is 3.42. The Morgan fingerprint density at radius 2 is 2.05 bits per heavy atom. The number of aromatic nitrogens is 2. The SMILES string of the molecule is CN(CC(=O)N1CCOCC1)c1nc(-c2ccccc2)ns1. The van der Waals surface area contributed by atoms with Gasteiger partial charge in [-0.05, 0) is 0 Å². The summed E-state index contributed by atoms with van der Waals surface area (Å²) in [6.07, 6.45) is 0. The summed E-state index contributed by atoms with van der Waals surface area (Å²) < 4.78 is 9.64. The predicted octanol–water partition coefficient (Wildman–Crippen LogP) is 1.50. The average Bonchev–Trinajstić information content (AvgIpc) is 3.06. The molecule has 0 unspecified atom stereocenters. The van der Waals surface area contributed by atoms with Gasteiger partial charge in [0.05, 0.1) is 19.8 Å². The highest BCUT2D eigenvalue weighted by atomic mass is 32.1. The Hall–Kier alpha value is -1.99. The lowest BCUT2D eigenvalue weighted by Gasteiger charge is -2.28. The van der Waals surface area contributed by atoms with Crippen LogP contribution in [0, 0.1) is 0 Å². The molecule has 6 nitrogen and oxygen atoms in total. The van der Waals surface area contributed by atoms with Crippen LogP contribution in [-0.2, 0) is 9.53 Å². The van der Waals surface area contributed by atoms with Crippen molar-refractivity contribution in [3.05, 3.63) is 30.3 Å². The zero-order chi connectivity index (χ0) is 15.4. The van der Waals surface area contributed by atoms with E-state index in [1.165, 1.54) is 11.5 Å². The van der Waals surface area contributed by atoms with Crippen molar-refractivity contribution in [3.63, 3.8) is 0 Å². The summed E-state index contributed by atoms with van der Waals surface area (Å²) in [6.45, 7) is 2.87. The second kappa shape index (κ2) is 6.85. The second-order valence-electron chi connectivity index (χ2n) is 5.12. The van der Waals surface area contributed by atoms with Crippen LogP contribution in [0.5, 0.6) is 0 Å². The molecule has 1 aliphatic heterocycles. The molecule has 0 radical (unpaired) electrons. The van der Waals surface area contributed by atoms with E-state index in [2.05, 4.69) is 9.36 Å². The Morgan fingerprint density at radius 3 is 2.77 bits per heavy atom. The van der Waals surface area contributed by atoms with Crippen LogP contribution in [0.2, 0.25) is 0 Å². The molecule has 116 valence electrons. The highest BCUT2D eigenvalue weighted by Gasteiger charge is 2.20. The van der Waals surface area contributed by atoms with E-state index in [1.54, 1.807) is 0 Å². The number of ether oxygens (including phenoxy) is 1. The van der Waals surface area contributed by atoms with Crippen molar-refractivity contribution in [2.75, 3.05) is 44.8 Å². The van der Waals surface area contributed by atoms with Crippen LogP contribution < -0.4 is 4.90 Å². The smallest absolute Gasteiger partial charge is 0.242 e. The Kier molecular flexibility index (Phi) is 4.65. The molecule has 1 aliphatic rings. The van der Waals surface area contributed by atoms with Crippen molar-refractivity contribution >= 4 is 22.6 Å². The number of hydrogen-bond donors (Lipinski definition) is 0. The second-order valence-corrected chi connectivity index (χ2v) is 5.85. The number of carbonyl (C=O) groups excluding carboxylic acids is 1. The number of benzene rings is 1. The predicted molar refractivity (Wildman–Crippen MR) is 86.0 cm³/mol. The minimum Gasteiger partial charge on any atom is -0.378 e. The van der Waals surface area contributed by atoms with Gasteiger partial charge in [0.2, 0.25) is 11.0 Å². The number of morpholine rings is 1. The molecule has 1 amide bonds. The summed E-state index contributed by atoms with van der Waals surface area (Å²) >= 11 is 1.31. The first kappa shape index (κ1) is 14.9. The van der Waals surface area contributed by atoms with Crippen molar-refractivity contribution in [2.45, 2.75) is 0 Å². The fourth-order valence-electron chi connectivity index (χ4n) is 2.26. The van der Waals surface area contributed by atoms with E-state index >= 15 is 0 Å². The Balaban J connectivity index is 1.64. The highest BCUT2D eigenvalue weighted by molar-refractivity contribution is 7.09. The van der Waals surface area contributed by atoms with Gasteiger partial charge in [-0.25, -0.2) is 0 Å². The number of likely N-dealkylation sites (N-methyl/N-ethyl adjacent to an activating group) is 1. The molecule has 0 aliphatic carbocycles. The first-order valence-electron chi connectivity index (χ1n) is 7.20. The molecule has 2 aromatic rings. The topological polar surface area (TPSA) is 58.6 Å². The minimum atomic E-state index is 0.0993. The van der Waals surface area contributed by atoms with Crippen molar-refractivity contribution in [2.24, 2.45) is 0 Å². The first-order chi connectivity index (χ1) is 10.7. The summed E-state index contributed by atoms with van der Waals surface area (Å²) in [7, 11) is 1.87. The largest absolute Gasteiger partial charge is 0.378 e. The van der Waals surface area contributed by atoms with Crippen molar-refractivity contribution in [1.82, 2.24) is 14.3 Å². The molecule has 0 bridgehead atoms. The molecule has 0 N–H and O–H groups in total. The molecular formula is C15H18N4O2S. The van der Waals surface area contributed by atoms with Gasteiger partial charge >= 0.3 is 0 Å².